The summed E-state index contributed by atoms with van der Waals surface area (Å²) in [7, 11) is 3.25. The molecule has 0 amide bonds. The van der Waals surface area contributed by atoms with E-state index in [9.17, 15) is 5.11 Å². The molecule has 3 rings (SSSR count). The normalized spacial score (nSPS) is 19.1. The SMILES string of the molecule is COc1ccc(OC)c([C@H](O)CN2CCC[C@H]2Cn2cc(C)cn2)c1. The number of nitrogens with zero attached hydrogens (tertiary/aromatic N) is 3. The van der Waals surface area contributed by atoms with Crippen molar-refractivity contribution in [3.05, 3.63) is 41.7 Å². The molecule has 1 N–H and O–H groups in total. The van der Waals surface area contributed by atoms with Gasteiger partial charge in [-0.2, -0.15) is 5.10 Å². The van der Waals surface area contributed by atoms with Crippen LogP contribution in [0.1, 0.15) is 30.1 Å². The molecule has 0 unspecified atom stereocenters. The molecule has 2 atom stereocenters. The van der Waals surface area contributed by atoms with Crippen LogP contribution < -0.4 is 9.47 Å². The van der Waals surface area contributed by atoms with E-state index >= 15 is 0 Å². The quantitative estimate of drug-likeness (QED) is 0.835. The van der Waals surface area contributed by atoms with E-state index in [4.69, 9.17) is 9.47 Å². The van der Waals surface area contributed by atoms with Crippen molar-refractivity contribution in [1.29, 1.82) is 0 Å². The molecular weight excluding hydrogens is 318 g/mol. The lowest BCUT2D eigenvalue weighted by atomic mass is 10.1. The van der Waals surface area contributed by atoms with Gasteiger partial charge in [0.25, 0.3) is 0 Å². The van der Waals surface area contributed by atoms with Crippen molar-refractivity contribution in [3.8, 4) is 11.5 Å². The molecule has 1 aromatic heterocycles. The van der Waals surface area contributed by atoms with Gasteiger partial charge in [0.2, 0.25) is 0 Å². The third kappa shape index (κ3) is 4.14. The predicted octanol–water partition coefficient (Wildman–Crippen LogP) is 2.41. The average Bonchev–Trinajstić information content (AvgIpc) is 3.23. The van der Waals surface area contributed by atoms with Crippen molar-refractivity contribution in [1.82, 2.24) is 14.7 Å². The van der Waals surface area contributed by atoms with Crippen LogP contribution in [0.25, 0.3) is 0 Å². The minimum absolute atomic E-state index is 0.394. The summed E-state index contributed by atoms with van der Waals surface area (Å²) in [6.45, 7) is 4.48. The Morgan fingerprint density at radius 1 is 1.32 bits per heavy atom. The number of rotatable bonds is 7. The van der Waals surface area contributed by atoms with Crippen molar-refractivity contribution < 1.29 is 14.6 Å². The Morgan fingerprint density at radius 2 is 2.16 bits per heavy atom. The fourth-order valence-corrected chi connectivity index (χ4v) is 3.55. The second kappa shape index (κ2) is 7.89. The molecule has 1 aliphatic rings. The van der Waals surface area contributed by atoms with E-state index in [0.29, 0.717) is 18.3 Å². The van der Waals surface area contributed by atoms with Crippen molar-refractivity contribution in [2.45, 2.75) is 38.5 Å². The Labute approximate surface area is 149 Å². The van der Waals surface area contributed by atoms with E-state index < -0.39 is 6.10 Å². The number of hydrogen-bond acceptors (Lipinski definition) is 5. The summed E-state index contributed by atoms with van der Waals surface area (Å²) in [5.41, 5.74) is 1.94. The van der Waals surface area contributed by atoms with Gasteiger partial charge in [-0.05, 0) is 50.1 Å². The lowest BCUT2D eigenvalue weighted by molar-refractivity contribution is 0.0982. The lowest BCUT2D eigenvalue weighted by Gasteiger charge is -2.27. The van der Waals surface area contributed by atoms with Gasteiger partial charge in [0, 0.05) is 24.3 Å². The number of hydrogen-bond donors (Lipinski definition) is 1. The van der Waals surface area contributed by atoms with Crippen LogP contribution in [-0.2, 0) is 6.54 Å². The fourth-order valence-electron chi connectivity index (χ4n) is 3.55. The molecule has 25 heavy (non-hydrogen) atoms. The summed E-state index contributed by atoms with van der Waals surface area (Å²) in [6, 6.07) is 5.93. The summed E-state index contributed by atoms with van der Waals surface area (Å²) in [6.07, 6.45) is 5.60. The minimum atomic E-state index is -0.620. The van der Waals surface area contributed by atoms with Crippen molar-refractivity contribution in [2.75, 3.05) is 27.3 Å². The van der Waals surface area contributed by atoms with Crippen molar-refractivity contribution in [2.24, 2.45) is 0 Å². The number of benzene rings is 1. The molecule has 1 saturated heterocycles. The van der Waals surface area contributed by atoms with Gasteiger partial charge in [-0.1, -0.05) is 0 Å². The minimum Gasteiger partial charge on any atom is -0.497 e. The first-order chi connectivity index (χ1) is 12.1. The van der Waals surface area contributed by atoms with Gasteiger partial charge in [-0.3, -0.25) is 9.58 Å². The number of aliphatic hydroxyl groups excluding tert-OH is 1. The van der Waals surface area contributed by atoms with Crippen LogP contribution in [0.5, 0.6) is 11.5 Å². The highest BCUT2D eigenvalue weighted by molar-refractivity contribution is 5.41. The molecule has 1 fully saturated rings. The Kier molecular flexibility index (Phi) is 5.60. The monoisotopic (exact) mass is 345 g/mol. The third-order valence-corrected chi connectivity index (χ3v) is 4.86. The number of β-amino-alcohol motifs (C(OH)–C–C–N with tert-alkyl or cyclic N) is 1. The number of aliphatic hydroxyl groups is 1. The van der Waals surface area contributed by atoms with E-state index in [1.807, 2.05) is 29.1 Å². The molecule has 2 aromatic rings. The lowest BCUT2D eigenvalue weighted by Crippen LogP contribution is -2.36. The molecule has 1 aliphatic heterocycles. The maximum absolute atomic E-state index is 10.8. The number of likely N-dealkylation sites (tertiary alicyclic amines) is 1. The Morgan fingerprint density at radius 3 is 2.84 bits per heavy atom. The largest absolute Gasteiger partial charge is 0.497 e. The van der Waals surface area contributed by atoms with Crippen molar-refractivity contribution >= 4 is 0 Å². The topological polar surface area (TPSA) is 59.8 Å². The van der Waals surface area contributed by atoms with Crippen LogP contribution in [0.2, 0.25) is 0 Å². The maximum Gasteiger partial charge on any atom is 0.124 e. The van der Waals surface area contributed by atoms with Crippen molar-refractivity contribution in [3.63, 3.8) is 0 Å². The molecule has 0 radical (unpaired) electrons. The standard InChI is InChI=1S/C19H27N3O3/c1-14-10-20-22(11-14)12-15-5-4-8-21(15)13-18(23)17-9-16(24-2)6-7-19(17)25-3/h6-7,9-11,15,18,23H,4-5,8,12-13H2,1-3H3/t15-,18+/m0/s1. The molecule has 6 heteroatoms. The van der Waals surface area contributed by atoms with Gasteiger partial charge in [0.1, 0.15) is 11.5 Å². The molecule has 0 aliphatic carbocycles. The molecule has 136 valence electrons. The first kappa shape index (κ1) is 17.8. The highest BCUT2D eigenvalue weighted by Gasteiger charge is 2.28. The molecule has 0 bridgehead atoms. The number of aryl methyl sites for hydroxylation is 1. The predicted molar refractivity (Wildman–Crippen MR) is 96.1 cm³/mol. The maximum atomic E-state index is 10.8. The van der Waals surface area contributed by atoms with E-state index in [-0.39, 0.29) is 0 Å². The Bertz CT molecular complexity index is 701. The number of aromatic nitrogens is 2. The van der Waals surface area contributed by atoms with E-state index in [2.05, 4.69) is 23.1 Å². The van der Waals surface area contributed by atoms with Gasteiger partial charge < -0.3 is 14.6 Å². The van der Waals surface area contributed by atoms with Crippen LogP contribution in [0, 0.1) is 6.92 Å². The van der Waals surface area contributed by atoms with Gasteiger partial charge >= 0.3 is 0 Å². The van der Waals surface area contributed by atoms with E-state index in [1.54, 1.807) is 14.2 Å². The number of methoxy groups -OCH3 is 2. The van der Waals surface area contributed by atoms with Gasteiger partial charge in [-0.15, -0.1) is 0 Å². The van der Waals surface area contributed by atoms with Gasteiger partial charge in [-0.25, -0.2) is 0 Å². The highest BCUT2D eigenvalue weighted by Crippen LogP contribution is 2.31. The smallest absolute Gasteiger partial charge is 0.124 e. The fraction of sp³-hybridized carbons (Fsp3) is 0.526. The third-order valence-electron chi connectivity index (χ3n) is 4.86. The molecule has 0 spiro atoms. The second-order valence-corrected chi connectivity index (χ2v) is 6.65. The zero-order valence-electron chi connectivity index (χ0n) is 15.2. The van der Waals surface area contributed by atoms with Crippen LogP contribution >= 0.6 is 0 Å². The number of ether oxygens (including phenoxy) is 2. The van der Waals surface area contributed by atoms with E-state index in [1.165, 1.54) is 5.56 Å². The van der Waals surface area contributed by atoms with Gasteiger partial charge in [0.15, 0.2) is 0 Å². The summed E-state index contributed by atoms with van der Waals surface area (Å²) < 4.78 is 12.7. The van der Waals surface area contributed by atoms with Crippen LogP contribution in [0.15, 0.2) is 30.6 Å². The molecular formula is C19H27N3O3. The molecule has 6 nitrogen and oxygen atoms in total. The van der Waals surface area contributed by atoms with Crippen LogP contribution in [-0.4, -0.2) is 53.1 Å². The molecule has 1 aromatic carbocycles. The van der Waals surface area contributed by atoms with Crippen LogP contribution in [0.4, 0.5) is 0 Å². The average molecular weight is 345 g/mol. The summed E-state index contributed by atoms with van der Waals surface area (Å²) >= 11 is 0. The Hall–Kier alpha value is -2.05. The first-order valence-corrected chi connectivity index (χ1v) is 8.74. The van der Waals surface area contributed by atoms with Crippen LogP contribution in [0.3, 0.4) is 0 Å². The van der Waals surface area contributed by atoms with E-state index in [0.717, 1.165) is 37.2 Å². The second-order valence-electron chi connectivity index (χ2n) is 6.65. The summed E-state index contributed by atoms with van der Waals surface area (Å²) in [4.78, 5) is 2.35. The summed E-state index contributed by atoms with van der Waals surface area (Å²) in [5, 5.41) is 15.2. The summed E-state index contributed by atoms with van der Waals surface area (Å²) in [5.74, 6) is 1.41. The Balaban J connectivity index is 1.70. The zero-order chi connectivity index (χ0) is 17.8. The van der Waals surface area contributed by atoms with Gasteiger partial charge in [0.05, 0.1) is 33.1 Å². The zero-order valence-corrected chi connectivity index (χ0v) is 15.2. The molecule has 0 saturated carbocycles. The molecule has 2 heterocycles. The highest BCUT2D eigenvalue weighted by atomic mass is 16.5. The first-order valence-electron chi connectivity index (χ1n) is 8.74.